The molecule has 0 spiro atoms. The first kappa shape index (κ1) is 16.2. The van der Waals surface area contributed by atoms with Crippen molar-refractivity contribution in [2.75, 3.05) is 33.7 Å². The van der Waals surface area contributed by atoms with Crippen LogP contribution in [0.5, 0.6) is 0 Å². The lowest BCUT2D eigenvalue weighted by Gasteiger charge is -2.24. The zero-order valence-electron chi connectivity index (χ0n) is 13.1. The summed E-state index contributed by atoms with van der Waals surface area (Å²) in [4.78, 5) is 17.9. The standard InChI is InChI=1S/C14H20N4O4S/c1-16(2)23(20,21)17-9-12-13(10-17)22-14(19)18(12)8-6-11-5-3-4-7-15-11/h3-5,7,12-13H,6,8-10H2,1-2H3/t12-,13+/m0/s1. The number of rotatable bonds is 5. The van der Waals surface area contributed by atoms with Gasteiger partial charge in [0.15, 0.2) is 0 Å². The second-order valence-electron chi connectivity index (χ2n) is 5.86. The Kier molecular flexibility index (Phi) is 4.26. The van der Waals surface area contributed by atoms with Gasteiger partial charge >= 0.3 is 6.09 Å². The highest BCUT2D eigenvalue weighted by molar-refractivity contribution is 7.86. The quantitative estimate of drug-likeness (QED) is 0.750. The Hall–Kier alpha value is -1.71. The molecule has 1 amide bonds. The second-order valence-corrected chi connectivity index (χ2v) is 8.00. The summed E-state index contributed by atoms with van der Waals surface area (Å²) in [5.41, 5.74) is 0.888. The van der Waals surface area contributed by atoms with E-state index in [0.29, 0.717) is 13.0 Å². The predicted molar refractivity (Wildman–Crippen MR) is 82.9 cm³/mol. The number of aromatic nitrogens is 1. The molecule has 23 heavy (non-hydrogen) atoms. The summed E-state index contributed by atoms with van der Waals surface area (Å²) in [5, 5.41) is 0. The van der Waals surface area contributed by atoms with E-state index in [1.165, 1.54) is 22.7 Å². The number of hydrogen-bond donors (Lipinski definition) is 0. The summed E-state index contributed by atoms with van der Waals surface area (Å²) < 4.78 is 32.3. The largest absolute Gasteiger partial charge is 0.442 e. The van der Waals surface area contributed by atoms with Crippen molar-refractivity contribution in [1.82, 2.24) is 18.5 Å². The van der Waals surface area contributed by atoms with E-state index in [1.54, 1.807) is 11.1 Å². The van der Waals surface area contributed by atoms with E-state index in [4.69, 9.17) is 4.74 Å². The third-order valence-corrected chi connectivity index (χ3v) is 6.09. The summed E-state index contributed by atoms with van der Waals surface area (Å²) in [6.07, 6.45) is 1.54. The number of carbonyl (C=O) groups excluding carboxylic acids is 1. The van der Waals surface area contributed by atoms with E-state index in [9.17, 15) is 13.2 Å². The molecule has 2 saturated heterocycles. The predicted octanol–water partition coefficient (Wildman–Crippen LogP) is -0.0645. The Morgan fingerprint density at radius 1 is 1.35 bits per heavy atom. The first-order valence-corrected chi connectivity index (χ1v) is 8.84. The first-order valence-electron chi connectivity index (χ1n) is 7.44. The van der Waals surface area contributed by atoms with Gasteiger partial charge in [-0.2, -0.15) is 17.0 Å². The number of hydrogen-bond acceptors (Lipinski definition) is 5. The normalized spacial score (nSPS) is 25.0. The number of pyridine rings is 1. The van der Waals surface area contributed by atoms with E-state index >= 15 is 0 Å². The molecule has 0 radical (unpaired) electrons. The van der Waals surface area contributed by atoms with Crippen LogP contribution in [0.2, 0.25) is 0 Å². The van der Waals surface area contributed by atoms with Gasteiger partial charge in [-0.05, 0) is 12.1 Å². The highest BCUT2D eigenvalue weighted by atomic mass is 32.2. The van der Waals surface area contributed by atoms with Crippen molar-refractivity contribution in [3.8, 4) is 0 Å². The van der Waals surface area contributed by atoms with Gasteiger partial charge in [-0.3, -0.25) is 9.88 Å². The van der Waals surface area contributed by atoms with Gasteiger partial charge in [-0.15, -0.1) is 0 Å². The van der Waals surface area contributed by atoms with Crippen LogP contribution in [0.15, 0.2) is 24.4 Å². The van der Waals surface area contributed by atoms with Crippen molar-refractivity contribution >= 4 is 16.3 Å². The summed E-state index contributed by atoms with van der Waals surface area (Å²) >= 11 is 0. The fraction of sp³-hybridized carbons (Fsp3) is 0.571. The molecule has 1 aromatic heterocycles. The van der Waals surface area contributed by atoms with Crippen molar-refractivity contribution in [3.05, 3.63) is 30.1 Å². The SMILES string of the molecule is CN(C)S(=O)(=O)N1C[C@H]2OC(=O)N(CCc3ccccn3)[C@H]2C1. The zero-order chi connectivity index (χ0) is 16.6. The van der Waals surface area contributed by atoms with E-state index in [0.717, 1.165) is 5.69 Å². The Morgan fingerprint density at radius 3 is 2.78 bits per heavy atom. The molecule has 9 heteroatoms. The molecule has 0 aromatic carbocycles. The van der Waals surface area contributed by atoms with Crippen LogP contribution in [0.3, 0.4) is 0 Å². The van der Waals surface area contributed by atoms with Gasteiger partial charge in [0, 0.05) is 45.5 Å². The maximum Gasteiger partial charge on any atom is 0.410 e. The number of nitrogens with zero attached hydrogens (tertiary/aromatic N) is 4. The lowest BCUT2D eigenvalue weighted by Crippen LogP contribution is -2.43. The number of fused-ring (bicyclic) bond motifs is 1. The Morgan fingerprint density at radius 2 is 2.13 bits per heavy atom. The zero-order valence-corrected chi connectivity index (χ0v) is 13.9. The molecule has 126 valence electrons. The molecular formula is C14H20N4O4S. The summed E-state index contributed by atoms with van der Waals surface area (Å²) in [6, 6.07) is 5.40. The minimum Gasteiger partial charge on any atom is -0.442 e. The molecule has 0 N–H and O–H groups in total. The minimum atomic E-state index is -3.49. The van der Waals surface area contributed by atoms with Crippen LogP contribution in [-0.2, 0) is 21.4 Å². The topological polar surface area (TPSA) is 83.1 Å². The van der Waals surface area contributed by atoms with Crippen molar-refractivity contribution in [2.45, 2.75) is 18.6 Å². The summed E-state index contributed by atoms with van der Waals surface area (Å²) in [6.45, 7) is 0.934. The minimum absolute atomic E-state index is 0.205. The van der Waals surface area contributed by atoms with Gasteiger partial charge in [-0.1, -0.05) is 6.07 Å². The van der Waals surface area contributed by atoms with Gasteiger partial charge in [-0.25, -0.2) is 4.79 Å². The van der Waals surface area contributed by atoms with Gasteiger partial charge in [0.1, 0.15) is 6.10 Å². The number of amides is 1. The van der Waals surface area contributed by atoms with Crippen molar-refractivity contribution < 1.29 is 17.9 Å². The number of carbonyl (C=O) groups is 1. The molecule has 8 nitrogen and oxygen atoms in total. The van der Waals surface area contributed by atoms with Crippen LogP contribution in [-0.4, -0.2) is 78.9 Å². The Balaban J connectivity index is 1.67. The third-order valence-electron chi connectivity index (χ3n) is 4.21. The van der Waals surface area contributed by atoms with Gasteiger partial charge in [0.25, 0.3) is 10.2 Å². The Labute approximate surface area is 135 Å². The van der Waals surface area contributed by atoms with Crippen molar-refractivity contribution in [2.24, 2.45) is 0 Å². The highest BCUT2D eigenvalue weighted by Gasteiger charge is 2.50. The summed E-state index contributed by atoms with van der Waals surface area (Å²) in [7, 11) is -0.502. The van der Waals surface area contributed by atoms with E-state index in [-0.39, 0.29) is 25.2 Å². The van der Waals surface area contributed by atoms with E-state index in [1.807, 2.05) is 18.2 Å². The summed E-state index contributed by atoms with van der Waals surface area (Å²) in [5.74, 6) is 0. The average molecular weight is 340 g/mol. The molecule has 3 rings (SSSR count). The smallest absolute Gasteiger partial charge is 0.410 e. The first-order chi connectivity index (χ1) is 10.9. The molecule has 2 aliphatic heterocycles. The molecule has 2 atom stereocenters. The van der Waals surface area contributed by atoms with Crippen LogP contribution in [0.4, 0.5) is 4.79 Å². The van der Waals surface area contributed by atoms with Gasteiger partial charge in [0.2, 0.25) is 0 Å². The molecule has 1 aromatic rings. The van der Waals surface area contributed by atoms with Gasteiger partial charge in [0.05, 0.1) is 12.6 Å². The fourth-order valence-electron chi connectivity index (χ4n) is 2.93. The van der Waals surface area contributed by atoms with Crippen molar-refractivity contribution in [3.63, 3.8) is 0 Å². The van der Waals surface area contributed by atoms with Crippen LogP contribution in [0.25, 0.3) is 0 Å². The molecule has 0 bridgehead atoms. The lowest BCUT2D eigenvalue weighted by atomic mass is 10.2. The van der Waals surface area contributed by atoms with Gasteiger partial charge < -0.3 is 4.74 Å². The molecule has 0 aliphatic carbocycles. The maximum absolute atomic E-state index is 12.2. The van der Waals surface area contributed by atoms with Crippen LogP contribution >= 0.6 is 0 Å². The van der Waals surface area contributed by atoms with E-state index < -0.39 is 16.3 Å². The maximum atomic E-state index is 12.2. The average Bonchev–Trinajstić information content (AvgIpc) is 3.04. The second kappa shape index (κ2) is 6.06. The monoisotopic (exact) mass is 340 g/mol. The molecule has 3 heterocycles. The molecule has 2 aliphatic rings. The number of ether oxygens (including phenoxy) is 1. The Bertz CT molecular complexity index is 679. The molecule has 0 unspecified atom stereocenters. The molecular weight excluding hydrogens is 320 g/mol. The fourth-order valence-corrected chi connectivity index (χ4v) is 4.07. The molecule has 0 saturated carbocycles. The van der Waals surface area contributed by atoms with Crippen molar-refractivity contribution in [1.29, 1.82) is 0 Å². The molecule has 2 fully saturated rings. The highest BCUT2D eigenvalue weighted by Crippen LogP contribution is 2.29. The lowest BCUT2D eigenvalue weighted by molar-refractivity contribution is 0.129. The van der Waals surface area contributed by atoms with E-state index in [2.05, 4.69) is 4.98 Å². The van der Waals surface area contributed by atoms with Crippen LogP contribution in [0.1, 0.15) is 5.69 Å². The van der Waals surface area contributed by atoms with Crippen LogP contribution < -0.4 is 0 Å². The third kappa shape index (κ3) is 3.04. The van der Waals surface area contributed by atoms with Crippen LogP contribution in [0, 0.1) is 0 Å².